The number of benzene rings is 3. The summed E-state index contributed by atoms with van der Waals surface area (Å²) in [6.45, 7) is 1.47. The third-order valence-corrected chi connectivity index (χ3v) is 6.40. The Bertz CT molecular complexity index is 1140. The Morgan fingerprint density at radius 2 is 1.36 bits per heavy atom. The minimum atomic E-state index is -3.68. The molecule has 3 rings (SSSR count). The Morgan fingerprint density at radius 3 is 1.79 bits per heavy atom. The van der Waals surface area contributed by atoms with Gasteiger partial charge in [-0.05, 0) is 53.9 Å². The number of rotatable bonds is 9. The first-order valence-electron chi connectivity index (χ1n) is 10.3. The summed E-state index contributed by atoms with van der Waals surface area (Å²) in [5.74, 6) is 0.961. The molecule has 1 amide bonds. The van der Waals surface area contributed by atoms with Gasteiger partial charge in [-0.2, -0.15) is 0 Å². The van der Waals surface area contributed by atoms with Crippen molar-refractivity contribution in [1.82, 2.24) is 5.32 Å². The van der Waals surface area contributed by atoms with Crippen LogP contribution < -0.4 is 19.1 Å². The van der Waals surface area contributed by atoms with Crippen LogP contribution >= 0.6 is 0 Å². The zero-order valence-corrected chi connectivity index (χ0v) is 19.9. The van der Waals surface area contributed by atoms with Gasteiger partial charge in [0.2, 0.25) is 15.9 Å². The molecule has 0 heterocycles. The van der Waals surface area contributed by atoms with E-state index in [0.29, 0.717) is 17.2 Å². The van der Waals surface area contributed by atoms with E-state index in [2.05, 4.69) is 5.32 Å². The third-order valence-electron chi connectivity index (χ3n) is 5.28. The molecule has 0 fully saturated rings. The number of hydrogen-bond acceptors (Lipinski definition) is 5. The number of nitrogens with zero attached hydrogens (tertiary/aromatic N) is 1. The van der Waals surface area contributed by atoms with E-state index < -0.39 is 22.0 Å². The van der Waals surface area contributed by atoms with Gasteiger partial charge in [0.1, 0.15) is 18.0 Å². The number of nitrogens with one attached hydrogen (secondary N) is 1. The molecule has 3 aromatic carbocycles. The largest absolute Gasteiger partial charge is 0.497 e. The monoisotopic (exact) mass is 468 g/mol. The van der Waals surface area contributed by atoms with Gasteiger partial charge in [0.25, 0.3) is 0 Å². The topological polar surface area (TPSA) is 84.9 Å². The summed E-state index contributed by atoms with van der Waals surface area (Å²) in [6, 6.07) is 21.3. The number of methoxy groups -OCH3 is 2. The minimum absolute atomic E-state index is 0.341. The van der Waals surface area contributed by atoms with Gasteiger partial charge in [0.05, 0.1) is 32.2 Å². The van der Waals surface area contributed by atoms with Crippen LogP contribution in [-0.2, 0) is 14.8 Å². The molecule has 174 valence electrons. The Labute approximate surface area is 195 Å². The van der Waals surface area contributed by atoms with Crippen molar-refractivity contribution in [2.24, 2.45) is 0 Å². The molecule has 1 N–H and O–H groups in total. The number of ether oxygens (including phenoxy) is 2. The van der Waals surface area contributed by atoms with E-state index in [0.717, 1.165) is 27.3 Å². The fourth-order valence-corrected chi connectivity index (χ4v) is 4.43. The predicted octanol–water partition coefficient (Wildman–Crippen LogP) is 3.68. The molecule has 0 unspecified atom stereocenters. The van der Waals surface area contributed by atoms with Crippen LogP contribution in [0.5, 0.6) is 11.5 Å². The molecule has 0 aliphatic carbocycles. The van der Waals surface area contributed by atoms with E-state index >= 15 is 0 Å². The van der Waals surface area contributed by atoms with Crippen LogP contribution in [0.3, 0.4) is 0 Å². The Hall–Kier alpha value is -3.52. The van der Waals surface area contributed by atoms with Crippen LogP contribution in [0.1, 0.15) is 22.7 Å². The van der Waals surface area contributed by atoms with Crippen molar-refractivity contribution in [3.8, 4) is 11.5 Å². The second-order valence-corrected chi connectivity index (χ2v) is 9.51. The number of amides is 1. The Kier molecular flexibility index (Phi) is 7.60. The van der Waals surface area contributed by atoms with Gasteiger partial charge >= 0.3 is 0 Å². The van der Waals surface area contributed by atoms with E-state index in [-0.39, 0.29) is 6.54 Å². The first kappa shape index (κ1) is 24.1. The quantitative estimate of drug-likeness (QED) is 0.518. The lowest BCUT2D eigenvalue weighted by atomic mass is 9.98. The third kappa shape index (κ3) is 6.04. The number of anilines is 1. The van der Waals surface area contributed by atoms with Gasteiger partial charge < -0.3 is 14.8 Å². The van der Waals surface area contributed by atoms with E-state index in [9.17, 15) is 13.2 Å². The van der Waals surface area contributed by atoms with Gasteiger partial charge in [0.15, 0.2) is 0 Å². The van der Waals surface area contributed by atoms with E-state index in [1.165, 1.54) is 0 Å². The highest BCUT2D eigenvalue weighted by atomic mass is 32.2. The molecule has 3 aromatic rings. The molecular formula is C25H28N2O5S. The van der Waals surface area contributed by atoms with Crippen molar-refractivity contribution in [3.63, 3.8) is 0 Å². The lowest BCUT2D eigenvalue weighted by Gasteiger charge is -2.26. The minimum Gasteiger partial charge on any atom is -0.497 e. The summed E-state index contributed by atoms with van der Waals surface area (Å²) in [6.07, 6.45) is 1.09. The number of carbonyl (C=O) groups is 1. The maximum absolute atomic E-state index is 13.1. The predicted molar refractivity (Wildman–Crippen MR) is 129 cm³/mol. The number of para-hydroxylation sites is 1. The normalized spacial score (nSPS) is 11.2. The summed E-state index contributed by atoms with van der Waals surface area (Å²) >= 11 is 0. The van der Waals surface area contributed by atoms with Crippen molar-refractivity contribution < 1.29 is 22.7 Å². The molecule has 8 heteroatoms. The maximum atomic E-state index is 13.1. The zero-order chi connectivity index (χ0) is 24.0. The van der Waals surface area contributed by atoms with Crippen LogP contribution in [-0.4, -0.2) is 41.3 Å². The average molecular weight is 469 g/mol. The highest BCUT2D eigenvalue weighted by Gasteiger charge is 2.24. The molecule has 0 aliphatic heterocycles. The summed E-state index contributed by atoms with van der Waals surface area (Å²) in [7, 11) is -0.506. The summed E-state index contributed by atoms with van der Waals surface area (Å²) < 4.78 is 36.6. The van der Waals surface area contributed by atoms with Gasteiger partial charge in [-0.25, -0.2) is 8.42 Å². The molecule has 7 nitrogen and oxygen atoms in total. The molecule has 0 saturated carbocycles. The second kappa shape index (κ2) is 10.4. The maximum Gasteiger partial charge on any atom is 0.241 e. The standard InChI is InChI=1S/C25H28N2O5S/c1-18-7-5-6-8-23(18)27(33(4,29)30)17-24(28)26-25(19-9-13-21(31-2)14-10-19)20-11-15-22(32-3)16-12-20/h5-16,25H,17H2,1-4H3,(H,26,28). The fraction of sp³-hybridized carbons (Fsp3) is 0.240. The van der Waals surface area contributed by atoms with E-state index in [4.69, 9.17) is 9.47 Å². The lowest BCUT2D eigenvalue weighted by molar-refractivity contribution is -0.120. The molecule has 0 aliphatic rings. The highest BCUT2D eigenvalue weighted by molar-refractivity contribution is 7.92. The second-order valence-electron chi connectivity index (χ2n) is 7.60. The van der Waals surface area contributed by atoms with Gasteiger partial charge in [-0.3, -0.25) is 9.10 Å². The van der Waals surface area contributed by atoms with Crippen molar-refractivity contribution >= 4 is 21.6 Å². The fourth-order valence-electron chi connectivity index (χ4n) is 3.51. The summed E-state index contributed by atoms with van der Waals surface area (Å²) in [5, 5.41) is 2.99. The van der Waals surface area contributed by atoms with Crippen LogP contribution in [0.2, 0.25) is 0 Å². The molecular weight excluding hydrogens is 440 g/mol. The average Bonchev–Trinajstić information content (AvgIpc) is 2.81. The van der Waals surface area contributed by atoms with Crippen molar-refractivity contribution in [3.05, 3.63) is 89.5 Å². The van der Waals surface area contributed by atoms with Crippen molar-refractivity contribution in [1.29, 1.82) is 0 Å². The van der Waals surface area contributed by atoms with Gasteiger partial charge in [0, 0.05) is 0 Å². The Morgan fingerprint density at radius 1 is 0.879 bits per heavy atom. The number of aryl methyl sites for hydroxylation is 1. The van der Waals surface area contributed by atoms with E-state index in [1.54, 1.807) is 26.4 Å². The molecule has 0 bridgehead atoms. The van der Waals surface area contributed by atoms with Crippen molar-refractivity contribution in [2.45, 2.75) is 13.0 Å². The molecule has 33 heavy (non-hydrogen) atoms. The molecule has 0 radical (unpaired) electrons. The Balaban J connectivity index is 1.92. The number of hydrogen-bond donors (Lipinski definition) is 1. The molecule has 0 aromatic heterocycles. The summed E-state index contributed by atoms with van der Waals surface area (Å²) in [4.78, 5) is 13.1. The lowest BCUT2D eigenvalue weighted by Crippen LogP contribution is -2.42. The van der Waals surface area contributed by atoms with Crippen LogP contribution in [0, 0.1) is 6.92 Å². The van der Waals surface area contributed by atoms with Crippen molar-refractivity contribution in [2.75, 3.05) is 31.3 Å². The molecule has 0 atom stereocenters. The zero-order valence-electron chi connectivity index (χ0n) is 19.1. The van der Waals surface area contributed by atoms with Crippen LogP contribution in [0.4, 0.5) is 5.69 Å². The highest BCUT2D eigenvalue weighted by Crippen LogP contribution is 2.27. The SMILES string of the molecule is COc1ccc(C(NC(=O)CN(c2ccccc2C)S(C)(=O)=O)c2ccc(OC)cc2)cc1. The first-order valence-corrected chi connectivity index (χ1v) is 12.2. The van der Waals surface area contributed by atoms with Gasteiger partial charge in [-0.1, -0.05) is 42.5 Å². The molecule has 0 spiro atoms. The number of sulfonamides is 1. The van der Waals surface area contributed by atoms with E-state index in [1.807, 2.05) is 67.6 Å². The van der Waals surface area contributed by atoms with Crippen LogP contribution in [0.15, 0.2) is 72.8 Å². The first-order chi connectivity index (χ1) is 15.7. The van der Waals surface area contributed by atoms with Gasteiger partial charge in [-0.15, -0.1) is 0 Å². The summed E-state index contributed by atoms with van der Waals surface area (Å²) in [5.41, 5.74) is 2.89. The number of carbonyl (C=O) groups excluding carboxylic acids is 1. The smallest absolute Gasteiger partial charge is 0.241 e. The molecule has 0 saturated heterocycles. The van der Waals surface area contributed by atoms with Crippen LogP contribution in [0.25, 0.3) is 0 Å².